The molecule has 2 heterocycles. The van der Waals surface area contributed by atoms with Crippen molar-refractivity contribution >= 4 is 23.4 Å². The Bertz CT molecular complexity index is 1040. The zero-order valence-corrected chi connectivity index (χ0v) is 15.0. The number of nitrogens with zero attached hydrogens (tertiary/aromatic N) is 2. The summed E-state index contributed by atoms with van der Waals surface area (Å²) in [6.45, 7) is 0.730. The van der Waals surface area contributed by atoms with Gasteiger partial charge in [0.25, 0.3) is 0 Å². The number of primary amides is 1. The Hall–Kier alpha value is -3.87. The molecule has 3 N–H and O–H groups in total. The summed E-state index contributed by atoms with van der Waals surface area (Å²) in [4.78, 5) is 30.7. The van der Waals surface area contributed by atoms with E-state index in [-0.39, 0.29) is 6.03 Å². The summed E-state index contributed by atoms with van der Waals surface area (Å²) in [5.74, 6) is 0.372. The lowest BCUT2D eigenvalue weighted by molar-refractivity contribution is 0.100. The molecule has 3 amide bonds. The summed E-state index contributed by atoms with van der Waals surface area (Å²) < 4.78 is 5.65. The highest BCUT2D eigenvalue weighted by Gasteiger charge is 2.26. The number of hydrogen-bond donors (Lipinski definition) is 2. The molecule has 7 heteroatoms. The Labute approximate surface area is 161 Å². The molecular formula is C21H18N4O3. The minimum Gasteiger partial charge on any atom is -0.488 e. The number of rotatable bonds is 3. The number of benzene rings is 2. The molecule has 0 unspecified atom stereocenters. The van der Waals surface area contributed by atoms with Gasteiger partial charge in [0.15, 0.2) is 11.6 Å². The van der Waals surface area contributed by atoms with Gasteiger partial charge in [0.05, 0.1) is 12.2 Å². The first-order chi connectivity index (χ1) is 13.6. The van der Waals surface area contributed by atoms with Crippen molar-refractivity contribution in [2.24, 2.45) is 5.73 Å². The van der Waals surface area contributed by atoms with Crippen LogP contribution in [0.3, 0.4) is 0 Å². The van der Waals surface area contributed by atoms with Crippen LogP contribution in [0.15, 0.2) is 66.7 Å². The molecule has 4 rings (SSSR count). The predicted molar refractivity (Wildman–Crippen MR) is 106 cm³/mol. The van der Waals surface area contributed by atoms with E-state index in [4.69, 9.17) is 10.5 Å². The van der Waals surface area contributed by atoms with Gasteiger partial charge in [0.1, 0.15) is 6.61 Å². The van der Waals surface area contributed by atoms with E-state index >= 15 is 0 Å². The normalized spacial score (nSPS) is 12.6. The van der Waals surface area contributed by atoms with Crippen LogP contribution in [-0.4, -0.2) is 30.1 Å². The standard InChI is InChI=1S/C21H18N4O3/c22-19(26)16-9-5-4-8-15(16)17-10-11-18-20(24-17)25(12-13-28-18)21(27)23-14-6-2-1-3-7-14/h1-11H,12-13H2,(H2,22,26)(H,23,27). The third kappa shape index (κ3) is 3.37. The van der Waals surface area contributed by atoms with E-state index in [2.05, 4.69) is 10.3 Å². The topological polar surface area (TPSA) is 97.6 Å². The van der Waals surface area contributed by atoms with E-state index < -0.39 is 5.91 Å². The van der Waals surface area contributed by atoms with Gasteiger partial charge in [0.2, 0.25) is 5.91 Å². The number of fused-ring (bicyclic) bond motifs is 1. The van der Waals surface area contributed by atoms with Gasteiger partial charge in [0, 0.05) is 16.8 Å². The third-order valence-electron chi connectivity index (χ3n) is 4.41. The lowest BCUT2D eigenvalue weighted by atomic mass is 10.0. The zero-order chi connectivity index (χ0) is 19.5. The van der Waals surface area contributed by atoms with Gasteiger partial charge in [-0.25, -0.2) is 9.78 Å². The summed E-state index contributed by atoms with van der Waals surface area (Å²) in [5, 5.41) is 2.86. The molecule has 28 heavy (non-hydrogen) atoms. The smallest absolute Gasteiger partial charge is 0.327 e. The quantitative estimate of drug-likeness (QED) is 0.735. The Morgan fingerprint density at radius 1 is 1.00 bits per heavy atom. The number of para-hydroxylation sites is 1. The molecule has 0 saturated carbocycles. The fraction of sp³-hybridized carbons (Fsp3) is 0.0952. The molecule has 2 aromatic carbocycles. The largest absolute Gasteiger partial charge is 0.488 e. The number of carbonyl (C=O) groups excluding carboxylic acids is 2. The van der Waals surface area contributed by atoms with Gasteiger partial charge in [-0.1, -0.05) is 36.4 Å². The Balaban J connectivity index is 1.70. The minimum absolute atomic E-state index is 0.302. The van der Waals surface area contributed by atoms with E-state index in [9.17, 15) is 9.59 Å². The fourth-order valence-electron chi connectivity index (χ4n) is 3.08. The van der Waals surface area contributed by atoms with Crippen LogP contribution in [0.4, 0.5) is 16.3 Å². The highest BCUT2D eigenvalue weighted by molar-refractivity contribution is 6.03. The fourth-order valence-corrected chi connectivity index (χ4v) is 3.08. The number of carbonyl (C=O) groups is 2. The van der Waals surface area contributed by atoms with Gasteiger partial charge in [-0.15, -0.1) is 0 Å². The molecule has 0 atom stereocenters. The molecule has 0 spiro atoms. The summed E-state index contributed by atoms with van der Waals surface area (Å²) >= 11 is 0. The number of nitrogens with one attached hydrogen (secondary N) is 1. The Morgan fingerprint density at radius 2 is 1.75 bits per heavy atom. The van der Waals surface area contributed by atoms with E-state index in [1.54, 1.807) is 36.4 Å². The number of aromatic nitrogens is 1. The van der Waals surface area contributed by atoms with E-state index in [1.807, 2.05) is 30.3 Å². The second-order valence-corrected chi connectivity index (χ2v) is 6.22. The number of anilines is 2. The summed E-state index contributed by atoms with van der Waals surface area (Å²) in [6, 6.07) is 19.4. The van der Waals surface area contributed by atoms with Crippen molar-refractivity contribution in [1.82, 2.24) is 4.98 Å². The van der Waals surface area contributed by atoms with Crippen molar-refractivity contribution in [3.63, 3.8) is 0 Å². The Morgan fingerprint density at radius 3 is 2.54 bits per heavy atom. The highest BCUT2D eigenvalue weighted by atomic mass is 16.5. The maximum absolute atomic E-state index is 12.8. The number of urea groups is 1. The Kier molecular flexibility index (Phi) is 4.63. The van der Waals surface area contributed by atoms with Crippen molar-refractivity contribution in [1.29, 1.82) is 0 Å². The molecule has 0 aliphatic carbocycles. The number of nitrogens with two attached hydrogens (primary N) is 1. The lowest BCUT2D eigenvalue weighted by Crippen LogP contribution is -2.41. The average Bonchev–Trinajstić information content (AvgIpc) is 2.73. The van der Waals surface area contributed by atoms with Crippen molar-refractivity contribution in [3.05, 3.63) is 72.3 Å². The van der Waals surface area contributed by atoms with E-state index in [0.717, 1.165) is 0 Å². The van der Waals surface area contributed by atoms with E-state index in [1.165, 1.54) is 4.90 Å². The second kappa shape index (κ2) is 7.40. The number of pyridine rings is 1. The van der Waals surface area contributed by atoms with Crippen molar-refractivity contribution in [2.75, 3.05) is 23.4 Å². The molecule has 3 aromatic rings. The monoisotopic (exact) mass is 374 g/mol. The molecule has 1 aromatic heterocycles. The minimum atomic E-state index is -0.537. The first-order valence-corrected chi connectivity index (χ1v) is 8.80. The van der Waals surface area contributed by atoms with Crippen LogP contribution >= 0.6 is 0 Å². The van der Waals surface area contributed by atoms with Gasteiger partial charge in [-0.2, -0.15) is 0 Å². The molecule has 1 aliphatic heterocycles. The summed E-state index contributed by atoms with van der Waals surface area (Å²) in [7, 11) is 0. The molecule has 0 fully saturated rings. The zero-order valence-electron chi connectivity index (χ0n) is 15.0. The van der Waals surface area contributed by atoms with Gasteiger partial charge < -0.3 is 15.8 Å². The van der Waals surface area contributed by atoms with Crippen LogP contribution in [0.1, 0.15) is 10.4 Å². The highest BCUT2D eigenvalue weighted by Crippen LogP contribution is 2.33. The van der Waals surface area contributed by atoms with Gasteiger partial charge in [-0.05, 0) is 30.3 Å². The van der Waals surface area contributed by atoms with Crippen molar-refractivity contribution in [3.8, 4) is 17.0 Å². The van der Waals surface area contributed by atoms with Crippen molar-refractivity contribution < 1.29 is 14.3 Å². The van der Waals surface area contributed by atoms with Crippen molar-refractivity contribution in [2.45, 2.75) is 0 Å². The second-order valence-electron chi connectivity index (χ2n) is 6.22. The van der Waals surface area contributed by atoms with Crippen LogP contribution in [0, 0.1) is 0 Å². The first kappa shape index (κ1) is 17.5. The number of ether oxygens (including phenoxy) is 1. The third-order valence-corrected chi connectivity index (χ3v) is 4.41. The number of amides is 3. The van der Waals surface area contributed by atoms with Crippen LogP contribution in [0.5, 0.6) is 5.75 Å². The predicted octanol–water partition coefficient (Wildman–Crippen LogP) is 3.28. The van der Waals surface area contributed by atoms with E-state index in [0.29, 0.717) is 47.2 Å². The number of hydrogen-bond acceptors (Lipinski definition) is 4. The van der Waals surface area contributed by atoms with Crippen LogP contribution in [0.25, 0.3) is 11.3 Å². The molecule has 7 nitrogen and oxygen atoms in total. The molecule has 1 aliphatic rings. The molecule has 140 valence electrons. The molecule has 0 radical (unpaired) electrons. The van der Waals surface area contributed by atoms with Gasteiger partial charge >= 0.3 is 6.03 Å². The average molecular weight is 374 g/mol. The molecule has 0 saturated heterocycles. The summed E-state index contributed by atoms with van der Waals surface area (Å²) in [6.07, 6.45) is 0. The van der Waals surface area contributed by atoms with Gasteiger partial charge in [-0.3, -0.25) is 9.69 Å². The van der Waals surface area contributed by atoms with Crippen LogP contribution < -0.4 is 20.7 Å². The van der Waals surface area contributed by atoms with Crippen LogP contribution in [0.2, 0.25) is 0 Å². The maximum Gasteiger partial charge on any atom is 0.327 e. The first-order valence-electron chi connectivity index (χ1n) is 8.80. The molecular weight excluding hydrogens is 356 g/mol. The maximum atomic E-state index is 12.8. The van der Waals surface area contributed by atoms with Crippen LogP contribution in [-0.2, 0) is 0 Å². The summed E-state index contributed by atoms with van der Waals surface area (Å²) in [5.41, 5.74) is 7.68. The molecule has 0 bridgehead atoms. The lowest BCUT2D eigenvalue weighted by Gasteiger charge is -2.29. The SMILES string of the molecule is NC(=O)c1ccccc1-c1ccc2c(n1)N(C(=O)Nc1ccccc1)CCO2.